The highest BCUT2D eigenvalue weighted by Gasteiger charge is 2.17. The van der Waals surface area contributed by atoms with Crippen molar-refractivity contribution in [3.63, 3.8) is 0 Å². The number of carboxylic acids is 1. The Morgan fingerprint density at radius 2 is 1.71 bits per heavy atom. The van der Waals surface area contributed by atoms with E-state index >= 15 is 0 Å². The van der Waals surface area contributed by atoms with E-state index in [9.17, 15) is 9.59 Å². The van der Waals surface area contributed by atoms with Gasteiger partial charge in [-0.2, -0.15) is 0 Å². The highest BCUT2D eigenvalue weighted by Crippen LogP contribution is 2.20. The molecule has 1 aromatic carbocycles. The van der Waals surface area contributed by atoms with Crippen molar-refractivity contribution in [1.29, 1.82) is 0 Å². The van der Waals surface area contributed by atoms with Gasteiger partial charge < -0.3 is 14.6 Å². The zero-order valence-corrected chi connectivity index (χ0v) is 11.9. The van der Waals surface area contributed by atoms with Crippen LogP contribution in [0, 0.1) is 0 Å². The van der Waals surface area contributed by atoms with Gasteiger partial charge in [-0.3, -0.25) is 0 Å². The van der Waals surface area contributed by atoms with Gasteiger partial charge in [0.15, 0.2) is 0 Å². The summed E-state index contributed by atoms with van der Waals surface area (Å²) >= 11 is 0. The number of ether oxygens (including phenoxy) is 2. The van der Waals surface area contributed by atoms with Gasteiger partial charge in [0, 0.05) is 0 Å². The van der Waals surface area contributed by atoms with Gasteiger partial charge in [-0.1, -0.05) is 31.4 Å². The molecule has 2 rings (SSSR count). The molecule has 5 heteroatoms. The lowest BCUT2D eigenvalue weighted by atomic mass is 9.98. The van der Waals surface area contributed by atoms with E-state index < -0.39 is 11.9 Å². The molecular formula is C16H20O5. The first-order valence-corrected chi connectivity index (χ1v) is 7.29. The maximum Gasteiger partial charge on any atom is 0.339 e. The number of carbonyl (C=O) groups excluding carboxylic acids is 1. The number of hydrogen-bond acceptors (Lipinski definition) is 4. The third-order valence-corrected chi connectivity index (χ3v) is 3.60. The van der Waals surface area contributed by atoms with Crippen molar-refractivity contribution in [3.05, 3.63) is 35.4 Å². The standard InChI is InChI=1S/C16H20O5/c17-15(18)13-8-4-5-9-14(13)16(19)21-11-10-20-12-6-2-1-3-7-12/h4-5,8-9,12H,1-3,6-7,10-11H2,(H,17,18). The van der Waals surface area contributed by atoms with Crippen LogP contribution in [0.5, 0.6) is 0 Å². The topological polar surface area (TPSA) is 72.8 Å². The second-order valence-electron chi connectivity index (χ2n) is 5.12. The predicted octanol–water partition coefficient (Wildman–Crippen LogP) is 2.89. The molecule has 1 saturated carbocycles. The Kier molecular flexibility index (Phi) is 5.75. The van der Waals surface area contributed by atoms with E-state index in [2.05, 4.69) is 0 Å². The van der Waals surface area contributed by atoms with Crippen LogP contribution < -0.4 is 0 Å². The molecule has 0 radical (unpaired) electrons. The van der Waals surface area contributed by atoms with Crippen molar-refractivity contribution < 1.29 is 24.2 Å². The Morgan fingerprint density at radius 1 is 1.05 bits per heavy atom. The van der Waals surface area contributed by atoms with Crippen LogP contribution in [0.15, 0.2) is 24.3 Å². The van der Waals surface area contributed by atoms with Crippen LogP contribution in [-0.2, 0) is 9.47 Å². The van der Waals surface area contributed by atoms with Crippen molar-refractivity contribution in [2.45, 2.75) is 38.2 Å². The van der Waals surface area contributed by atoms with Crippen LogP contribution in [0.2, 0.25) is 0 Å². The molecule has 0 unspecified atom stereocenters. The molecular weight excluding hydrogens is 272 g/mol. The number of aromatic carboxylic acids is 1. The number of carbonyl (C=O) groups is 2. The number of hydrogen-bond donors (Lipinski definition) is 1. The zero-order chi connectivity index (χ0) is 15.1. The largest absolute Gasteiger partial charge is 0.478 e. The minimum absolute atomic E-state index is 0.0456. The van der Waals surface area contributed by atoms with Crippen molar-refractivity contribution in [2.24, 2.45) is 0 Å². The summed E-state index contributed by atoms with van der Waals surface area (Å²) in [7, 11) is 0. The molecule has 0 amide bonds. The number of benzene rings is 1. The first-order chi connectivity index (χ1) is 10.2. The molecule has 0 spiro atoms. The van der Waals surface area contributed by atoms with Gasteiger partial charge in [-0.05, 0) is 25.0 Å². The van der Waals surface area contributed by atoms with Crippen molar-refractivity contribution >= 4 is 11.9 Å². The summed E-state index contributed by atoms with van der Waals surface area (Å²) in [6.07, 6.45) is 6.04. The molecule has 0 aliphatic heterocycles. The molecule has 0 heterocycles. The number of carboxylic acid groups (broad SMARTS) is 1. The Morgan fingerprint density at radius 3 is 2.38 bits per heavy atom. The van der Waals surface area contributed by atoms with E-state index in [1.807, 2.05) is 0 Å². The first kappa shape index (κ1) is 15.5. The Hall–Kier alpha value is -1.88. The van der Waals surface area contributed by atoms with E-state index in [0.29, 0.717) is 6.61 Å². The van der Waals surface area contributed by atoms with Gasteiger partial charge in [-0.15, -0.1) is 0 Å². The van der Waals surface area contributed by atoms with E-state index in [-0.39, 0.29) is 23.8 Å². The van der Waals surface area contributed by atoms with Crippen molar-refractivity contribution in [1.82, 2.24) is 0 Å². The molecule has 1 aliphatic rings. The van der Waals surface area contributed by atoms with Crippen LogP contribution >= 0.6 is 0 Å². The quantitative estimate of drug-likeness (QED) is 0.644. The molecule has 1 fully saturated rings. The van der Waals surface area contributed by atoms with E-state index in [0.717, 1.165) is 12.8 Å². The fourth-order valence-corrected chi connectivity index (χ4v) is 2.51. The lowest BCUT2D eigenvalue weighted by Crippen LogP contribution is -2.20. The Bertz CT molecular complexity index is 491. The molecule has 0 atom stereocenters. The number of rotatable bonds is 6. The lowest BCUT2D eigenvalue weighted by molar-refractivity contribution is -0.00513. The monoisotopic (exact) mass is 292 g/mol. The fourth-order valence-electron chi connectivity index (χ4n) is 2.51. The summed E-state index contributed by atoms with van der Waals surface area (Å²) < 4.78 is 10.7. The molecule has 21 heavy (non-hydrogen) atoms. The molecule has 5 nitrogen and oxygen atoms in total. The third kappa shape index (κ3) is 4.56. The lowest BCUT2D eigenvalue weighted by Gasteiger charge is -2.21. The van der Waals surface area contributed by atoms with E-state index in [4.69, 9.17) is 14.6 Å². The Balaban J connectivity index is 1.78. The molecule has 114 valence electrons. The highest BCUT2D eigenvalue weighted by atomic mass is 16.6. The fraction of sp³-hybridized carbons (Fsp3) is 0.500. The van der Waals surface area contributed by atoms with Gasteiger partial charge in [-0.25, -0.2) is 9.59 Å². The summed E-state index contributed by atoms with van der Waals surface area (Å²) in [5.41, 5.74) is 0.0263. The van der Waals surface area contributed by atoms with Gasteiger partial charge >= 0.3 is 11.9 Å². The molecule has 0 saturated heterocycles. The van der Waals surface area contributed by atoms with Crippen LogP contribution in [0.1, 0.15) is 52.8 Å². The molecule has 0 aromatic heterocycles. The summed E-state index contributed by atoms with van der Waals surface area (Å²) in [5, 5.41) is 9.02. The predicted molar refractivity (Wildman–Crippen MR) is 76.5 cm³/mol. The highest BCUT2D eigenvalue weighted by molar-refractivity contribution is 6.02. The van der Waals surface area contributed by atoms with Crippen molar-refractivity contribution in [3.8, 4) is 0 Å². The summed E-state index contributed by atoms with van der Waals surface area (Å²) in [6, 6.07) is 6.03. The molecule has 1 N–H and O–H groups in total. The zero-order valence-electron chi connectivity index (χ0n) is 11.9. The van der Waals surface area contributed by atoms with Gasteiger partial charge in [0.05, 0.1) is 23.8 Å². The average molecular weight is 292 g/mol. The summed E-state index contributed by atoms with van der Waals surface area (Å²) in [4.78, 5) is 22.9. The first-order valence-electron chi connectivity index (χ1n) is 7.29. The second-order valence-corrected chi connectivity index (χ2v) is 5.12. The van der Waals surface area contributed by atoms with Crippen LogP contribution in [0.25, 0.3) is 0 Å². The van der Waals surface area contributed by atoms with Crippen LogP contribution in [0.3, 0.4) is 0 Å². The van der Waals surface area contributed by atoms with Gasteiger partial charge in [0.25, 0.3) is 0 Å². The summed E-state index contributed by atoms with van der Waals surface area (Å²) in [6.45, 7) is 0.495. The normalized spacial score (nSPS) is 15.6. The molecule has 1 aliphatic carbocycles. The number of esters is 1. The molecule has 0 bridgehead atoms. The minimum Gasteiger partial charge on any atom is -0.478 e. The van der Waals surface area contributed by atoms with Crippen LogP contribution in [-0.4, -0.2) is 36.4 Å². The van der Waals surface area contributed by atoms with Gasteiger partial charge in [0.2, 0.25) is 0 Å². The maximum atomic E-state index is 11.9. The third-order valence-electron chi connectivity index (χ3n) is 3.60. The second kappa shape index (κ2) is 7.78. The summed E-state index contributed by atoms with van der Waals surface area (Å²) in [5.74, 6) is -1.76. The smallest absolute Gasteiger partial charge is 0.339 e. The van der Waals surface area contributed by atoms with E-state index in [1.165, 1.54) is 31.4 Å². The van der Waals surface area contributed by atoms with Crippen LogP contribution in [0.4, 0.5) is 0 Å². The van der Waals surface area contributed by atoms with Crippen molar-refractivity contribution in [2.75, 3.05) is 13.2 Å². The van der Waals surface area contributed by atoms with E-state index in [1.54, 1.807) is 12.1 Å². The average Bonchev–Trinajstić information content (AvgIpc) is 2.52. The van der Waals surface area contributed by atoms with Gasteiger partial charge in [0.1, 0.15) is 6.61 Å². The Labute approximate surface area is 123 Å². The maximum absolute atomic E-state index is 11.9. The SMILES string of the molecule is O=C(O)c1ccccc1C(=O)OCCOC1CCCCC1. The minimum atomic E-state index is -1.14. The molecule has 1 aromatic rings.